The summed E-state index contributed by atoms with van der Waals surface area (Å²) >= 11 is 0. The SMILES string of the molecule is COC(=O)c1cc([N+](=O)[O-])ccc1O.COC(=O)c1cc([N+](=O)[O-])ccc1OC(c1ccccc1)c1ccc(F)cc1. The van der Waals surface area contributed by atoms with Gasteiger partial charge in [-0.15, -0.1) is 0 Å². The fourth-order valence-corrected chi connectivity index (χ4v) is 3.64. The minimum atomic E-state index is -0.814. The van der Waals surface area contributed by atoms with Crippen molar-refractivity contribution in [3.8, 4) is 11.5 Å². The van der Waals surface area contributed by atoms with E-state index in [9.17, 15) is 39.3 Å². The Morgan fingerprint density at radius 2 is 1.24 bits per heavy atom. The van der Waals surface area contributed by atoms with Gasteiger partial charge in [-0.1, -0.05) is 42.5 Å². The quantitative estimate of drug-likeness (QED) is 0.154. The molecule has 12 nitrogen and oxygen atoms in total. The van der Waals surface area contributed by atoms with Crippen LogP contribution in [-0.2, 0) is 9.47 Å². The van der Waals surface area contributed by atoms with Gasteiger partial charge < -0.3 is 19.3 Å². The van der Waals surface area contributed by atoms with Crippen LogP contribution < -0.4 is 4.74 Å². The van der Waals surface area contributed by atoms with E-state index >= 15 is 0 Å². The zero-order valence-electron chi connectivity index (χ0n) is 22.1. The average molecular weight is 579 g/mol. The molecule has 0 bridgehead atoms. The normalized spacial score (nSPS) is 10.8. The summed E-state index contributed by atoms with van der Waals surface area (Å²) in [5.74, 6) is -2.19. The van der Waals surface area contributed by atoms with Crippen molar-refractivity contribution in [1.29, 1.82) is 0 Å². The van der Waals surface area contributed by atoms with E-state index in [-0.39, 0.29) is 39.8 Å². The van der Waals surface area contributed by atoms with Crippen LogP contribution in [0.2, 0.25) is 0 Å². The maximum Gasteiger partial charge on any atom is 0.341 e. The Balaban J connectivity index is 0.000000291. The fraction of sp³-hybridized carbons (Fsp3) is 0.103. The van der Waals surface area contributed by atoms with Crippen LogP contribution in [0.4, 0.5) is 15.8 Å². The Morgan fingerprint density at radius 1 is 0.738 bits per heavy atom. The molecule has 13 heteroatoms. The lowest BCUT2D eigenvalue weighted by molar-refractivity contribution is -0.385. The Kier molecular flexibility index (Phi) is 10.2. The average Bonchev–Trinajstić information content (AvgIpc) is 3.00. The molecule has 216 valence electrons. The molecule has 0 heterocycles. The lowest BCUT2D eigenvalue weighted by Crippen LogP contribution is -2.13. The molecule has 0 aliphatic carbocycles. The number of phenolic OH excluding ortho intramolecular Hbond substituents is 1. The third-order valence-corrected chi connectivity index (χ3v) is 5.70. The smallest absolute Gasteiger partial charge is 0.341 e. The van der Waals surface area contributed by atoms with Gasteiger partial charge in [-0.2, -0.15) is 0 Å². The van der Waals surface area contributed by atoms with E-state index in [1.165, 1.54) is 31.4 Å². The van der Waals surface area contributed by atoms with Crippen LogP contribution in [0, 0.1) is 26.0 Å². The Morgan fingerprint density at radius 3 is 1.79 bits per heavy atom. The molecule has 0 radical (unpaired) electrons. The maximum absolute atomic E-state index is 13.3. The zero-order valence-corrected chi connectivity index (χ0v) is 22.1. The molecule has 0 aliphatic heterocycles. The molecule has 1 N–H and O–H groups in total. The third kappa shape index (κ3) is 7.63. The molecular weight excluding hydrogens is 555 g/mol. The van der Waals surface area contributed by atoms with Gasteiger partial charge in [0.15, 0.2) is 0 Å². The first-order chi connectivity index (χ1) is 20.0. The molecule has 0 spiro atoms. The summed E-state index contributed by atoms with van der Waals surface area (Å²) < 4.78 is 28.5. The number of nitro benzene ring substituents is 2. The number of ether oxygens (including phenoxy) is 3. The first-order valence-electron chi connectivity index (χ1n) is 11.9. The van der Waals surface area contributed by atoms with Crippen LogP contribution in [0.5, 0.6) is 11.5 Å². The first-order valence-corrected chi connectivity index (χ1v) is 11.9. The number of benzene rings is 4. The second-order valence-electron chi connectivity index (χ2n) is 8.34. The van der Waals surface area contributed by atoms with E-state index in [4.69, 9.17) is 9.47 Å². The zero-order chi connectivity index (χ0) is 30.8. The van der Waals surface area contributed by atoms with Crippen molar-refractivity contribution in [2.24, 2.45) is 0 Å². The number of rotatable bonds is 8. The van der Waals surface area contributed by atoms with Crippen LogP contribution in [0.1, 0.15) is 37.9 Å². The van der Waals surface area contributed by atoms with Gasteiger partial charge in [-0.25, -0.2) is 14.0 Å². The van der Waals surface area contributed by atoms with Crippen molar-refractivity contribution in [2.45, 2.75) is 6.10 Å². The number of carbonyl (C=O) groups excluding carboxylic acids is 2. The summed E-state index contributed by atoms with van der Waals surface area (Å²) in [4.78, 5) is 43.3. The largest absolute Gasteiger partial charge is 0.507 e. The van der Waals surface area contributed by atoms with Crippen LogP contribution in [0.25, 0.3) is 0 Å². The number of nitrogens with zero attached hydrogens (tertiary/aromatic N) is 2. The number of esters is 2. The topological polar surface area (TPSA) is 168 Å². The minimum absolute atomic E-state index is 0.0697. The standard InChI is InChI=1S/C21H16FNO5.C8H7NO5/c1-27-21(24)18-13-17(23(25)26)11-12-19(18)28-20(14-5-3-2-4-6-14)15-7-9-16(22)10-8-15;1-14-8(11)6-4-5(9(12)13)2-3-7(6)10/h2-13,20H,1H3;2-4,10H,1H3. The molecular formula is C29H23FN2O10. The number of hydrogen-bond donors (Lipinski definition) is 1. The molecule has 4 rings (SSSR count). The van der Waals surface area contributed by atoms with Crippen LogP contribution in [-0.4, -0.2) is 41.1 Å². The molecule has 0 saturated carbocycles. The third-order valence-electron chi connectivity index (χ3n) is 5.70. The van der Waals surface area contributed by atoms with Crippen LogP contribution in [0.3, 0.4) is 0 Å². The van der Waals surface area contributed by atoms with E-state index in [1.54, 1.807) is 12.1 Å². The lowest BCUT2D eigenvalue weighted by atomic mass is 10.0. The van der Waals surface area contributed by atoms with Gasteiger partial charge in [0.2, 0.25) is 0 Å². The summed E-state index contributed by atoms with van der Waals surface area (Å²) in [6.07, 6.45) is -0.660. The van der Waals surface area contributed by atoms with Crippen molar-refractivity contribution in [2.75, 3.05) is 14.2 Å². The second kappa shape index (κ2) is 14.0. The number of methoxy groups -OCH3 is 2. The minimum Gasteiger partial charge on any atom is -0.507 e. The van der Waals surface area contributed by atoms with Crippen molar-refractivity contribution >= 4 is 23.3 Å². The molecule has 0 saturated heterocycles. The van der Waals surface area contributed by atoms with Crippen molar-refractivity contribution in [3.63, 3.8) is 0 Å². The van der Waals surface area contributed by atoms with Crippen molar-refractivity contribution in [1.82, 2.24) is 0 Å². The Labute approximate surface area is 237 Å². The molecule has 4 aromatic carbocycles. The molecule has 1 atom stereocenters. The molecule has 4 aromatic rings. The maximum atomic E-state index is 13.3. The number of phenols is 1. The summed E-state index contributed by atoms with van der Waals surface area (Å²) in [7, 11) is 2.31. The Bertz CT molecular complexity index is 1590. The van der Waals surface area contributed by atoms with Crippen LogP contribution >= 0.6 is 0 Å². The van der Waals surface area contributed by atoms with E-state index in [1.807, 2.05) is 30.3 Å². The van der Waals surface area contributed by atoms with Gasteiger partial charge in [0, 0.05) is 24.3 Å². The van der Waals surface area contributed by atoms with E-state index in [0.29, 0.717) is 5.56 Å². The number of hydrogen-bond acceptors (Lipinski definition) is 10. The van der Waals surface area contributed by atoms with Gasteiger partial charge in [-0.05, 0) is 35.4 Å². The lowest BCUT2D eigenvalue weighted by Gasteiger charge is -2.21. The first kappa shape index (κ1) is 30.7. The van der Waals surface area contributed by atoms with E-state index < -0.39 is 27.9 Å². The van der Waals surface area contributed by atoms with Gasteiger partial charge in [0.1, 0.15) is 34.5 Å². The summed E-state index contributed by atoms with van der Waals surface area (Å²) in [6.45, 7) is 0. The highest BCUT2D eigenvalue weighted by molar-refractivity contribution is 5.93. The molecule has 42 heavy (non-hydrogen) atoms. The van der Waals surface area contributed by atoms with E-state index in [0.717, 1.165) is 36.9 Å². The van der Waals surface area contributed by atoms with Gasteiger partial charge in [0.25, 0.3) is 11.4 Å². The molecule has 0 aliphatic rings. The summed E-state index contributed by atoms with van der Waals surface area (Å²) in [5, 5.41) is 30.6. The highest BCUT2D eigenvalue weighted by Gasteiger charge is 2.23. The van der Waals surface area contributed by atoms with Gasteiger partial charge in [0.05, 0.1) is 24.1 Å². The predicted molar refractivity (Wildman–Crippen MR) is 146 cm³/mol. The van der Waals surface area contributed by atoms with Crippen LogP contribution in [0.15, 0.2) is 91.0 Å². The molecule has 0 aromatic heterocycles. The highest BCUT2D eigenvalue weighted by atomic mass is 19.1. The van der Waals surface area contributed by atoms with Crippen molar-refractivity contribution in [3.05, 3.63) is 139 Å². The van der Waals surface area contributed by atoms with Gasteiger partial charge in [-0.3, -0.25) is 20.2 Å². The highest BCUT2D eigenvalue weighted by Crippen LogP contribution is 2.33. The Hall–Kier alpha value is -5.85. The summed E-state index contributed by atoms with van der Waals surface area (Å²) in [5.41, 5.74) is 0.598. The molecule has 0 amide bonds. The molecule has 0 fully saturated rings. The number of carbonyl (C=O) groups is 2. The summed E-state index contributed by atoms with van der Waals surface area (Å²) in [6, 6.07) is 21.8. The van der Waals surface area contributed by atoms with Crippen molar-refractivity contribution < 1.29 is 43.1 Å². The number of non-ortho nitro benzene ring substituents is 2. The van der Waals surface area contributed by atoms with Gasteiger partial charge >= 0.3 is 11.9 Å². The number of nitro groups is 2. The monoisotopic (exact) mass is 578 g/mol. The molecule has 1 unspecified atom stereocenters. The van der Waals surface area contributed by atoms with E-state index in [2.05, 4.69) is 4.74 Å². The number of aromatic hydroxyl groups is 1. The fourth-order valence-electron chi connectivity index (χ4n) is 3.64. The second-order valence-corrected chi connectivity index (χ2v) is 8.34. The predicted octanol–water partition coefficient (Wildman–Crippen LogP) is 5.78. The number of halogens is 1.